The average Bonchev–Trinajstić information content (AvgIpc) is 2.95. The van der Waals surface area contributed by atoms with Gasteiger partial charge in [0.25, 0.3) is 0 Å². The van der Waals surface area contributed by atoms with E-state index in [0.717, 1.165) is 0 Å². The molecule has 3 fully saturated rings. The molecule has 0 amide bonds. The summed E-state index contributed by atoms with van der Waals surface area (Å²) in [5, 5.41) is 0. The number of ether oxygens (including phenoxy) is 6. The standard InChI is InChI=1S/C17H22O6/c1-7-9-18-16(8-2)13-12(21-15(5,6)22-13)10-19-17(16)11-20-14(3,4)23-17/h1-2,12-13H,9-11H2,3-6H3/t12-,13-,16-,17-/m1/s1. The highest BCUT2D eigenvalue weighted by Gasteiger charge is 2.71. The van der Waals surface area contributed by atoms with Crippen molar-refractivity contribution in [2.24, 2.45) is 0 Å². The third-order valence-corrected chi connectivity index (χ3v) is 4.25. The van der Waals surface area contributed by atoms with E-state index in [1.165, 1.54) is 0 Å². The van der Waals surface area contributed by atoms with Crippen molar-refractivity contribution in [2.75, 3.05) is 19.8 Å². The molecule has 3 rings (SSSR count). The Morgan fingerprint density at radius 2 is 1.83 bits per heavy atom. The van der Waals surface area contributed by atoms with Crippen molar-refractivity contribution in [1.29, 1.82) is 0 Å². The third kappa shape index (κ3) is 2.47. The molecule has 23 heavy (non-hydrogen) atoms. The monoisotopic (exact) mass is 322 g/mol. The molecular formula is C17H22O6. The molecule has 4 atom stereocenters. The molecule has 0 aromatic rings. The number of rotatable bonds is 2. The van der Waals surface area contributed by atoms with Crippen molar-refractivity contribution in [1.82, 2.24) is 0 Å². The Bertz CT molecular complexity index is 569. The second-order valence-electron chi connectivity index (χ2n) is 6.82. The Morgan fingerprint density at radius 3 is 2.39 bits per heavy atom. The van der Waals surface area contributed by atoms with Crippen LogP contribution in [0.15, 0.2) is 0 Å². The van der Waals surface area contributed by atoms with Gasteiger partial charge in [0.2, 0.25) is 11.4 Å². The van der Waals surface area contributed by atoms with Crippen LogP contribution in [0.25, 0.3) is 0 Å². The Balaban J connectivity index is 2.04. The number of fused-ring (bicyclic) bond motifs is 1. The largest absolute Gasteiger partial charge is 0.345 e. The smallest absolute Gasteiger partial charge is 0.239 e. The molecule has 0 unspecified atom stereocenters. The van der Waals surface area contributed by atoms with Gasteiger partial charge in [-0.25, -0.2) is 0 Å². The molecule has 6 nitrogen and oxygen atoms in total. The van der Waals surface area contributed by atoms with Gasteiger partial charge in [0.15, 0.2) is 11.6 Å². The maximum Gasteiger partial charge on any atom is 0.239 e. The maximum atomic E-state index is 6.04. The molecule has 0 aliphatic carbocycles. The van der Waals surface area contributed by atoms with Crippen LogP contribution in [-0.4, -0.2) is 55.0 Å². The number of hydrogen-bond acceptors (Lipinski definition) is 6. The van der Waals surface area contributed by atoms with Crippen molar-refractivity contribution >= 4 is 0 Å². The van der Waals surface area contributed by atoms with E-state index >= 15 is 0 Å². The molecular weight excluding hydrogens is 300 g/mol. The summed E-state index contributed by atoms with van der Waals surface area (Å²) < 4.78 is 35.5. The molecule has 0 bridgehead atoms. The molecule has 0 radical (unpaired) electrons. The van der Waals surface area contributed by atoms with Gasteiger partial charge in [0.05, 0.1) is 6.61 Å². The molecule has 0 N–H and O–H groups in total. The van der Waals surface area contributed by atoms with Gasteiger partial charge >= 0.3 is 0 Å². The lowest BCUT2D eigenvalue weighted by Gasteiger charge is -2.49. The van der Waals surface area contributed by atoms with Crippen molar-refractivity contribution in [3.63, 3.8) is 0 Å². The van der Waals surface area contributed by atoms with Crippen LogP contribution in [0.5, 0.6) is 0 Å². The molecule has 1 spiro atoms. The summed E-state index contributed by atoms with van der Waals surface area (Å²) in [6.45, 7) is 7.57. The molecule has 3 heterocycles. The van der Waals surface area contributed by atoms with Crippen LogP contribution in [0.4, 0.5) is 0 Å². The SMILES string of the molecule is C#CCO[C@]1(C#C)[C@@H]2OC(C)(C)O[C@@H]2CO[C@@]12COC(C)(C)O2. The van der Waals surface area contributed by atoms with Crippen molar-refractivity contribution in [3.8, 4) is 24.7 Å². The zero-order chi connectivity index (χ0) is 16.9. The Hall–Kier alpha value is -1.12. The van der Waals surface area contributed by atoms with Crippen LogP contribution in [0, 0.1) is 24.7 Å². The fraction of sp³-hybridized carbons (Fsp3) is 0.765. The lowest BCUT2D eigenvalue weighted by Crippen LogP contribution is -2.71. The van der Waals surface area contributed by atoms with E-state index in [-0.39, 0.29) is 25.9 Å². The minimum atomic E-state index is -1.37. The van der Waals surface area contributed by atoms with Gasteiger partial charge in [-0.2, -0.15) is 0 Å². The molecule has 3 saturated heterocycles. The second-order valence-corrected chi connectivity index (χ2v) is 6.82. The maximum absolute atomic E-state index is 6.04. The lowest BCUT2D eigenvalue weighted by molar-refractivity contribution is -0.356. The van der Waals surface area contributed by atoms with E-state index in [0.29, 0.717) is 0 Å². The Morgan fingerprint density at radius 1 is 1.09 bits per heavy atom. The first-order chi connectivity index (χ1) is 10.7. The van der Waals surface area contributed by atoms with Crippen LogP contribution < -0.4 is 0 Å². The van der Waals surface area contributed by atoms with E-state index < -0.39 is 29.1 Å². The zero-order valence-electron chi connectivity index (χ0n) is 13.9. The van der Waals surface area contributed by atoms with E-state index in [4.69, 9.17) is 41.3 Å². The quantitative estimate of drug-likeness (QED) is 0.708. The predicted octanol–water partition coefficient (Wildman–Crippen LogP) is 1.04. The van der Waals surface area contributed by atoms with Gasteiger partial charge in [-0.1, -0.05) is 11.8 Å². The lowest BCUT2D eigenvalue weighted by atomic mass is 9.82. The van der Waals surface area contributed by atoms with Gasteiger partial charge in [0, 0.05) is 0 Å². The molecule has 0 saturated carbocycles. The minimum absolute atomic E-state index is 0.00783. The fourth-order valence-electron chi connectivity index (χ4n) is 3.40. The normalized spacial score (nSPS) is 43.7. The number of hydrogen-bond donors (Lipinski definition) is 0. The van der Waals surface area contributed by atoms with E-state index in [1.54, 1.807) is 13.8 Å². The topological polar surface area (TPSA) is 55.4 Å². The summed E-state index contributed by atoms with van der Waals surface area (Å²) in [6.07, 6.45) is 10.3. The van der Waals surface area contributed by atoms with Crippen LogP contribution >= 0.6 is 0 Å². The zero-order valence-corrected chi connectivity index (χ0v) is 13.9. The van der Waals surface area contributed by atoms with Crippen LogP contribution in [0.3, 0.4) is 0 Å². The molecule has 0 aromatic carbocycles. The molecule has 0 aromatic heterocycles. The summed E-state index contributed by atoms with van der Waals surface area (Å²) in [5.41, 5.74) is -1.37. The first kappa shape index (κ1) is 16.7. The van der Waals surface area contributed by atoms with Gasteiger partial charge < -0.3 is 28.4 Å². The van der Waals surface area contributed by atoms with Crippen molar-refractivity contribution in [2.45, 2.75) is 62.9 Å². The second kappa shape index (κ2) is 5.19. The van der Waals surface area contributed by atoms with Crippen molar-refractivity contribution in [3.05, 3.63) is 0 Å². The van der Waals surface area contributed by atoms with Gasteiger partial charge in [-0.15, -0.1) is 12.8 Å². The highest BCUT2D eigenvalue weighted by Crippen LogP contribution is 2.50. The summed E-state index contributed by atoms with van der Waals surface area (Å²) >= 11 is 0. The fourth-order valence-corrected chi connectivity index (χ4v) is 3.40. The summed E-state index contributed by atoms with van der Waals surface area (Å²) in [5.74, 6) is 2.15. The first-order valence-electron chi connectivity index (χ1n) is 7.58. The first-order valence-corrected chi connectivity index (χ1v) is 7.58. The van der Waals surface area contributed by atoms with Crippen LogP contribution in [0.1, 0.15) is 27.7 Å². The van der Waals surface area contributed by atoms with E-state index in [2.05, 4.69) is 11.8 Å². The van der Waals surface area contributed by atoms with E-state index in [1.807, 2.05) is 13.8 Å². The van der Waals surface area contributed by atoms with Gasteiger partial charge in [0.1, 0.15) is 25.4 Å². The average molecular weight is 322 g/mol. The summed E-state index contributed by atoms with van der Waals surface area (Å²) in [6, 6.07) is 0. The molecule has 6 heteroatoms. The predicted molar refractivity (Wildman–Crippen MR) is 80.0 cm³/mol. The van der Waals surface area contributed by atoms with Crippen molar-refractivity contribution < 1.29 is 28.4 Å². The number of terminal acetylenes is 2. The highest BCUT2D eigenvalue weighted by molar-refractivity contribution is 5.26. The van der Waals surface area contributed by atoms with Crippen LogP contribution in [-0.2, 0) is 28.4 Å². The Kier molecular flexibility index (Phi) is 3.77. The highest BCUT2D eigenvalue weighted by atomic mass is 16.9. The van der Waals surface area contributed by atoms with Crippen LogP contribution in [0.2, 0.25) is 0 Å². The van der Waals surface area contributed by atoms with E-state index in [9.17, 15) is 0 Å². The van der Waals surface area contributed by atoms with Gasteiger partial charge in [-0.05, 0) is 27.7 Å². The van der Waals surface area contributed by atoms with Gasteiger partial charge in [-0.3, -0.25) is 0 Å². The molecule has 3 aliphatic heterocycles. The third-order valence-electron chi connectivity index (χ3n) is 4.25. The molecule has 126 valence electrons. The summed E-state index contributed by atoms with van der Waals surface area (Å²) in [7, 11) is 0. The summed E-state index contributed by atoms with van der Waals surface area (Å²) in [4.78, 5) is 0. The Labute approximate surface area is 136 Å². The molecule has 3 aliphatic rings. The minimum Gasteiger partial charge on any atom is -0.345 e.